The number of Topliss-reactive ketones (excluding diaryl/α,β-unsaturated/α-hetero) is 3. The predicted molar refractivity (Wildman–Crippen MR) is 299 cm³/mol. The lowest BCUT2D eigenvalue weighted by Gasteiger charge is -2.23. The van der Waals surface area contributed by atoms with Gasteiger partial charge in [0.2, 0.25) is 0 Å². The van der Waals surface area contributed by atoms with Crippen LogP contribution in [0.1, 0.15) is 75.6 Å². The van der Waals surface area contributed by atoms with Gasteiger partial charge in [0.05, 0.1) is 18.1 Å². The van der Waals surface area contributed by atoms with E-state index in [0.717, 1.165) is 100 Å². The molecular weight excluding hydrogens is 907 g/mol. The Labute approximate surface area is 426 Å². The quantitative estimate of drug-likeness (QED) is 0.0263. The van der Waals surface area contributed by atoms with Crippen LogP contribution in [0.25, 0.3) is 32.7 Å². The number of rotatable bonds is 24. The first-order valence-electron chi connectivity index (χ1n) is 25.5. The number of aromatic amines is 3. The van der Waals surface area contributed by atoms with Crippen LogP contribution in [0.4, 0.5) is 17.1 Å². The number of para-hydroxylation sites is 3. The molecule has 3 heterocycles. The molecule has 0 radical (unpaired) electrons. The second kappa shape index (κ2) is 22.8. The third-order valence-corrected chi connectivity index (χ3v) is 14.4. The van der Waals surface area contributed by atoms with Crippen LogP contribution in [0, 0.1) is 20.8 Å². The molecule has 0 saturated carbocycles. The van der Waals surface area contributed by atoms with Gasteiger partial charge >= 0.3 is 0 Å². The summed E-state index contributed by atoms with van der Waals surface area (Å²) in [6, 6.07) is 47.6. The fraction of sp³-hybridized carbons (Fsp3) is 0.262. The second-order valence-electron chi connectivity index (χ2n) is 19.4. The van der Waals surface area contributed by atoms with Crippen LogP contribution in [0.15, 0.2) is 146 Å². The molecule has 0 fully saturated rings. The number of carbonyl (C=O) groups is 3. The largest absolute Gasteiger partial charge is 0.375 e. The number of H-pyrrole nitrogens is 3. The standard InChI is InChI=1S/C61H67N9O3/c1-37-49(46-10-4-7-13-52(46)65-37)34-58(71)55(28-31-62)68-43-22-16-40(17-23-43)61(41-18-24-44(25-19-41)69-56(29-32-63)59(72)35-50-38(2)66-53-14-8-5-11-47(50)53)42-20-26-45(27-21-42)70-57(30-33-64)60(73)36-51-39(3)67-54-15-9-6-12-48(51)54/h4-27,55-57,61,65-70H,28-36,62-64H2,1-3H3/t55-,56-,57-/m0/s1. The molecule has 3 atom stereocenters. The Kier molecular flexibility index (Phi) is 15.6. The summed E-state index contributed by atoms with van der Waals surface area (Å²) in [5.41, 5.74) is 32.9. The molecule has 0 unspecified atom stereocenters. The molecule has 12 heteroatoms. The monoisotopic (exact) mass is 974 g/mol. The third kappa shape index (κ3) is 11.3. The summed E-state index contributed by atoms with van der Waals surface area (Å²) in [5.74, 6) is 0.0416. The van der Waals surface area contributed by atoms with Gasteiger partial charge in [-0.3, -0.25) is 14.4 Å². The molecule has 6 aromatic carbocycles. The number of ketones is 3. The lowest BCUT2D eigenvalue weighted by Crippen LogP contribution is -2.33. The molecule has 12 nitrogen and oxygen atoms in total. The zero-order valence-corrected chi connectivity index (χ0v) is 42.0. The number of carbonyl (C=O) groups excluding carboxylic acids is 3. The lowest BCUT2D eigenvalue weighted by atomic mass is 9.85. The van der Waals surface area contributed by atoms with Crippen molar-refractivity contribution < 1.29 is 14.4 Å². The van der Waals surface area contributed by atoms with Crippen LogP contribution >= 0.6 is 0 Å². The smallest absolute Gasteiger partial charge is 0.159 e. The van der Waals surface area contributed by atoms with Crippen LogP contribution in [0.3, 0.4) is 0 Å². The Morgan fingerprint density at radius 2 is 0.658 bits per heavy atom. The van der Waals surface area contributed by atoms with E-state index in [4.69, 9.17) is 17.2 Å². The van der Waals surface area contributed by atoms with Crippen molar-refractivity contribution in [2.24, 2.45) is 17.2 Å². The van der Waals surface area contributed by atoms with Crippen LogP contribution in [0.5, 0.6) is 0 Å². The van der Waals surface area contributed by atoms with Gasteiger partial charge in [0, 0.05) is 92.0 Å². The van der Waals surface area contributed by atoms with E-state index in [9.17, 15) is 14.4 Å². The van der Waals surface area contributed by atoms with Crippen molar-refractivity contribution in [1.29, 1.82) is 0 Å². The van der Waals surface area contributed by atoms with Crippen molar-refractivity contribution in [3.05, 3.63) is 196 Å². The number of aromatic nitrogens is 3. The first kappa shape index (κ1) is 50.2. The van der Waals surface area contributed by atoms with Crippen molar-refractivity contribution in [3.63, 3.8) is 0 Å². The van der Waals surface area contributed by atoms with Crippen molar-refractivity contribution in [2.75, 3.05) is 35.6 Å². The SMILES string of the molecule is Cc1[nH]c2ccccc2c1CC(=O)[C@H](CCN)Nc1ccc(C(c2ccc(N[C@@H](CCN)C(=O)Cc3c(C)[nH]c4ccccc34)cc2)c2ccc(N[C@@H](CCN)C(=O)Cc3c(C)[nH]c4ccccc34)cc2)cc1. The normalized spacial score (nSPS) is 12.9. The zero-order valence-electron chi connectivity index (χ0n) is 42.0. The topological polar surface area (TPSA) is 213 Å². The van der Waals surface area contributed by atoms with E-state index in [0.29, 0.717) is 58.2 Å². The fourth-order valence-electron chi connectivity index (χ4n) is 10.5. The van der Waals surface area contributed by atoms with Crippen molar-refractivity contribution in [2.45, 2.75) is 83.3 Å². The third-order valence-electron chi connectivity index (χ3n) is 14.4. The van der Waals surface area contributed by atoms with Gasteiger partial charge in [0.15, 0.2) is 17.3 Å². The Balaban J connectivity index is 0.964. The van der Waals surface area contributed by atoms with Gasteiger partial charge in [-0.2, -0.15) is 0 Å². The maximum Gasteiger partial charge on any atom is 0.159 e. The molecule has 12 N–H and O–H groups in total. The number of nitrogens with two attached hydrogens (primary N) is 3. The highest BCUT2D eigenvalue weighted by Gasteiger charge is 2.25. The van der Waals surface area contributed by atoms with Gasteiger partial charge in [-0.25, -0.2) is 0 Å². The first-order valence-corrected chi connectivity index (χ1v) is 25.5. The number of nitrogens with one attached hydrogen (secondary N) is 6. The fourth-order valence-corrected chi connectivity index (χ4v) is 10.5. The summed E-state index contributed by atoms with van der Waals surface area (Å²) in [6.07, 6.45) is 2.35. The molecule has 9 aromatic rings. The van der Waals surface area contributed by atoms with E-state index in [1.165, 1.54) is 0 Å². The summed E-state index contributed by atoms with van der Waals surface area (Å²) in [7, 11) is 0. The summed E-state index contributed by atoms with van der Waals surface area (Å²) < 4.78 is 0. The summed E-state index contributed by atoms with van der Waals surface area (Å²) in [4.78, 5) is 52.1. The van der Waals surface area contributed by atoms with Crippen LogP contribution in [-0.4, -0.2) is 70.1 Å². The average molecular weight is 974 g/mol. The maximum atomic E-state index is 14.0. The Morgan fingerprint density at radius 3 is 0.918 bits per heavy atom. The van der Waals surface area contributed by atoms with Crippen LogP contribution in [-0.2, 0) is 33.6 Å². The number of hydrogen-bond donors (Lipinski definition) is 9. The van der Waals surface area contributed by atoms with Crippen molar-refractivity contribution >= 4 is 67.1 Å². The van der Waals surface area contributed by atoms with Gasteiger partial charge < -0.3 is 48.1 Å². The summed E-state index contributed by atoms with van der Waals surface area (Å²) in [5, 5.41) is 13.7. The second-order valence-corrected chi connectivity index (χ2v) is 19.4. The summed E-state index contributed by atoms with van der Waals surface area (Å²) >= 11 is 0. The van der Waals surface area contributed by atoms with E-state index in [-0.39, 0.29) is 23.3 Å². The van der Waals surface area contributed by atoms with Crippen LogP contribution in [0.2, 0.25) is 0 Å². The van der Waals surface area contributed by atoms with Crippen LogP contribution < -0.4 is 33.2 Å². The van der Waals surface area contributed by atoms with Gasteiger partial charge in [0.25, 0.3) is 0 Å². The highest BCUT2D eigenvalue weighted by Crippen LogP contribution is 2.35. The molecule has 0 bridgehead atoms. The van der Waals surface area contributed by atoms with Gasteiger partial charge in [-0.05, 0) is 148 Å². The molecule has 374 valence electrons. The molecule has 0 aliphatic heterocycles. The molecule has 73 heavy (non-hydrogen) atoms. The van der Waals surface area contributed by atoms with E-state index >= 15 is 0 Å². The molecule has 3 aromatic heterocycles. The molecular formula is C61H67N9O3. The number of fused-ring (bicyclic) bond motifs is 3. The number of aryl methyl sites for hydroxylation is 3. The maximum absolute atomic E-state index is 14.0. The zero-order chi connectivity index (χ0) is 51.0. The van der Waals surface area contributed by atoms with Gasteiger partial charge in [0.1, 0.15) is 0 Å². The molecule has 0 aliphatic rings. The predicted octanol–water partition coefficient (Wildman–Crippen LogP) is 10.1. The Bertz CT molecular complexity index is 2990. The minimum absolute atomic E-state index is 0.0783. The van der Waals surface area contributed by atoms with E-state index < -0.39 is 18.1 Å². The Morgan fingerprint density at radius 1 is 0.397 bits per heavy atom. The Hall–Kier alpha value is -7.77. The highest BCUT2D eigenvalue weighted by atomic mass is 16.1. The average Bonchev–Trinajstić information content (AvgIpc) is 4.02. The summed E-state index contributed by atoms with van der Waals surface area (Å²) in [6.45, 7) is 7.13. The highest BCUT2D eigenvalue weighted by molar-refractivity contribution is 5.96. The molecule has 0 amide bonds. The molecule has 0 spiro atoms. The molecule has 0 saturated heterocycles. The van der Waals surface area contributed by atoms with E-state index in [2.05, 4.69) is 85.5 Å². The lowest BCUT2D eigenvalue weighted by molar-refractivity contribution is -0.120. The van der Waals surface area contributed by atoms with E-state index in [1.54, 1.807) is 0 Å². The van der Waals surface area contributed by atoms with Crippen molar-refractivity contribution in [1.82, 2.24) is 15.0 Å². The minimum atomic E-state index is -0.470. The van der Waals surface area contributed by atoms with Gasteiger partial charge in [-0.15, -0.1) is 0 Å². The van der Waals surface area contributed by atoms with E-state index in [1.807, 2.05) is 112 Å². The van der Waals surface area contributed by atoms with Crippen molar-refractivity contribution in [3.8, 4) is 0 Å². The molecule has 9 rings (SSSR count). The molecule has 0 aliphatic carbocycles. The number of anilines is 3. The minimum Gasteiger partial charge on any atom is -0.375 e. The number of benzene rings is 6. The number of hydrogen-bond acceptors (Lipinski definition) is 9. The first-order chi connectivity index (χ1) is 35.5. The van der Waals surface area contributed by atoms with Gasteiger partial charge in [-0.1, -0.05) is 91.0 Å².